The van der Waals surface area contributed by atoms with Crippen molar-refractivity contribution in [2.75, 3.05) is 37.7 Å². The fourth-order valence-electron chi connectivity index (χ4n) is 5.66. The van der Waals surface area contributed by atoms with Crippen molar-refractivity contribution in [1.82, 2.24) is 9.80 Å². The zero-order valence-corrected chi connectivity index (χ0v) is 18.6. The van der Waals surface area contributed by atoms with E-state index in [-0.39, 0.29) is 24.0 Å². The Kier molecular flexibility index (Phi) is 5.67. The van der Waals surface area contributed by atoms with E-state index in [0.717, 1.165) is 25.9 Å². The number of hydrogen-bond donors (Lipinski definition) is 0. The highest BCUT2D eigenvalue weighted by atomic mass is 16.7. The molecule has 0 N–H and O–H groups in total. The number of amides is 3. The molecule has 4 heterocycles. The van der Waals surface area contributed by atoms with Gasteiger partial charge in [-0.3, -0.25) is 19.3 Å². The largest absolute Gasteiger partial charge is 0.350 e. The molecule has 1 aromatic rings. The average Bonchev–Trinajstić information content (AvgIpc) is 3.45. The zero-order valence-electron chi connectivity index (χ0n) is 18.6. The average molecular weight is 442 g/mol. The molecule has 1 atom stereocenters. The van der Waals surface area contributed by atoms with Gasteiger partial charge in [-0.2, -0.15) is 0 Å². The molecule has 1 unspecified atom stereocenters. The fraction of sp³-hybridized carbons (Fsp3) is 0.625. The smallest absolute Gasteiger partial charge is 0.257 e. The van der Waals surface area contributed by atoms with Gasteiger partial charge in [0.1, 0.15) is 5.66 Å². The molecular formula is C24H31N3O5. The van der Waals surface area contributed by atoms with Crippen molar-refractivity contribution in [3.8, 4) is 0 Å². The molecule has 3 saturated heterocycles. The van der Waals surface area contributed by atoms with Gasteiger partial charge in [-0.25, -0.2) is 0 Å². The van der Waals surface area contributed by atoms with E-state index in [1.54, 1.807) is 15.9 Å². The monoisotopic (exact) mass is 441 g/mol. The van der Waals surface area contributed by atoms with E-state index in [1.807, 2.05) is 30.0 Å². The van der Waals surface area contributed by atoms with E-state index in [0.29, 0.717) is 62.6 Å². The molecule has 0 bridgehead atoms. The number of hydrogen-bond acceptors (Lipinski definition) is 5. The number of anilines is 1. The van der Waals surface area contributed by atoms with Gasteiger partial charge in [0.15, 0.2) is 6.29 Å². The fourth-order valence-corrected chi connectivity index (χ4v) is 5.66. The molecule has 4 aliphatic heterocycles. The Hall–Kier alpha value is -2.45. The lowest BCUT2D eigenvalue weighted by Crippen LogP contribution is -2.62. The molecular weight excluding hydrogens is 410 g/mol. The van der Waals surface area contributed by atoms with Crippen LogP contribution in [0.15, 0.2) is 24.3 Å². The number of nitrogens with zero attached hydrogens (tertiary/aromatic N) is 3. The number of carbonyl (C=O) groups is 3. The number of carbonyl (C=O) groups excluding carboxylic acids is 3. The molecule has 0 saturated carbocycles. The molecule has 3 fully saturated rings. The topological polar surface area (TPSA) is 79.4 Å². The molecule has 0 aliphatic carbocycles. The second kappa shape index (κ2) is 8.48. The summed E-state index contributed by atoms with van der Waals surface area (Å²) in [4.78, 5) is 44.2. The molecule has 0 radical (unpaired) electrons. The first-order valence-electron chi connectivity index (χ1n) is 11.7. The third kappa shape index (κ3) is 3.59. The van der Waals surface area contributed by atoms with Crippen molar-refractivity contribution in [2.45, 2.75) is 57.4 Å². The minimum Gasteiger partial charge on any atom is -0.350 e. The van der Waals surface area contributed by atoms with Gasteiger partial charge in [-0.1, -0.05) is 12.1 Å². The number of piperidine rings is 1. The summed E-state index contributed by atoms with van der Waals surface area (Å²) >= 11 is 0. The molecule has 172 valence electrons. The first kappa shape index (κ1) is 21.4. The second-order valence-corrected chi connectivity index (χ2v) is 9.35. The minimum atomic E-state index is -0.662. The van der Waals surface area contributed by atoms with E-state index in [1.165, 1.54) is 0 Å². The molecule has 8 nitrogen and oxygen atoms in total. The Morgan fingerprint density at radius 3 is 2.59 bits per heavy atom. The van der Waals surface area contributed by atoms with Crippen molar-refractivity contribution in [3.63, 3.8) is 0 Å². The van der Waals surface area contributed by atoms with E-state index >= 15 is 0 Å². The van der Waals surface area contributed by atoms with Gasteiger partial charge >= 0.3 is 0 Å². The van der Waals surface area contributed by atoms with Gasteiger partial charge in [0, 0.05) is 38.4 Å². The Morgan fingerprint density at radius 1 is 1.12 bits per heavy atom. The lowest BCUT2D eigenvalue weighted by atomic mass is 9.95. The summed E-state index contributed by atoms with van der Waals surface area (Å²) in [5, 5.41) is 0. The van der Waals surface area contributed by atoms with Crippen LogP contribution in [-0.4, -0.2) is 72.3 Å². The normalized spacial score (nSPS) is 26.6. The molecule has 4 aliphatic rings. The maximum absolute atomic E-state index is 13.3. The van der Waals surface area contributed by atoms with Gasteiger partial charge in [0.05, 0.1) is 24.5 Å². The van der Waals surface area contributed by atoms with Crippen molar-refractivity contribution < 1.29 is 23.9 Å². The van der Waals surface area contributed by atoms with Gasteiger partial charge in [-0.15, -0.1) is 0 Å². The Balaban J connectivity index is 1.19. The molecule has 5 rings (SSSR count). The van der Waals surface area contributed by atoms with E-state index in [4.69, 9.17) is 9.47 Å². The highest BCUT2D eigenvalue weighted by Crippen LogP contribution is 2.44. The Bertz CT molecular complexity index is 907. The lowest BCUT2D eigenvalue weighted by molar-refractivity contribution is -0.137. The number of ether oxygens (including phenoxy) is 2. The van der Waals surface area contributed by atoms with Crippen molar-refractivity contribution in [1.29, 1.82) is 0 Å². The SMILES string of the molecule is CC12CCC(=O)N1c1ccccc1C(=O)N2CCCC(=O)N1CCC(C2OCCO2)CC1. The number of fused-ring (bicyclic) bond motifs is 3. The highest BCUT2D eigenvalue weighted by Gasteiger charge is 2.52. The standard InChI is InChI=1S/C24H31N3O5/c1-24-11-8-21(29)27(24)19-6-3-2-5-18(19)22(30)26(24)12-4-7-20(28)25-13-9-17(10-14-25)23-31-15-16-32-23/h2-3,5-6,17,23H,4,7-16H2,1H3. The molecule has 32 heavy (non-hydrogen) atoms. The number of rotatable bonds is 5. The summed E-state index contributed by atoms with van der Waals surface area (Å²) in [5.41, 5.74) is 0.600. The maximum Gasteiger partial charge on any atom is 0.257 e. The third-order valence-corrected chi connectivity index (χ3v) is 7.44. The highest BCUT2D eigenvalue weighted by molar-refractivity contribution is 6.10. The van der Waals surface area contributed by atoms with Crippen molar-refractivity contribution >= 4 is 23.4 Å². The lowest BCUT2D eigenvalue weighted by Gasteiger charge is -2.48. The predicted molar refractivity (Wildman–Crippen MR) is 117 cm³/mol. The quantitative estimate of drug-likeness (QED) is 0.701. The van der Waals surface area contributed by atoms with Crippen LogP contribution >= 0.6 is 0 Å². The predicted octanol–water partition coefficient (Wildman–Crippen LogP) is 2.38. The summed E-state index contributed by atoms with van der Waals surface area (Å²) in [5.74, 6) is 0.481. The molecule has 8 heteroatoms. The van der Waals surface area contributed by atoms with Gasteiger partial charge < -0.3 is 19.3 Å². The van der Waals surface area contributed by atoms with E-state index in [9.17, 15) is 14.4 Å². The van der Waals surface area contributed by atoms with E-state index < -0.39 is 5.66 Å². The number of para-hydroxylation sites is 1. The number of benzene rings is 1. The minimum absolute atomic E-state index is 0.0478. The van der Waals surface area contributed by atoms with Crippen LogP contribution in [0.25, 0.3) is 0 Å². The summed E-state index contributed by atoms with van der Waals surface area (Å²) in [6.07, 6.45) is 3.70. The zero-order chi connectivity index (χ0) is 22.3. The Labute approximate surface area is 188 Å². The molecule has 0 spiro atoms. The van der Waals surface area contributed by atoms with Crippen LogP contribution < -0.4 is 4.90 Å². The third-order valence-electron chi connectivity index (χ3n) is 7.44. The van der Waals surface area contributed by atoms with Gasteiger partial charge in [-0.05, 0) is 44.7 Å². The summed E-state index contributed by atoms with van der Waals surface area (Å²) in [6, 6.07) is 7.32. The van der Waals surface area contributed by atoms with Crippen LogP contribution in [0, 0.1) is 5.92 Å². The number of likely N-dealkylation sites (tertiary alicyclic amines) is 1. The first-order chi connectivity index (χ1) is 15.5. The van der Waals surface area contributed by atoms with Gasteiger partial charge in [0.25, 0.3) is 5.91 Å². The van der Waals surface area contributed by atoms with Crippen LogP contribution in [-0.2, 0) is 19.1 Å². The Morgan fingerprint density at radius 2 is 1.84 bits per heavy atom. The first-order valence-corrected chi connectivity index (χ1v) is 11.7. The molecule has 1 aromatic carbocycles. The maximum atomic E-state index is 13.3. The summed E-state index contributed by atoms with van der Waals surface area (Å²) in [7, 11) is 0. The van der Waals surface area contributed by atoms with E-state index in [2.05, 4.69) is 0 Å². The van der Waals surface area contributed by atoms with Crippen molar-refractivity contribution in [3.05, 3.63) is 29.8 Å². The summed E-state index contributed by atoms with van der Waals surface area (Å²) < 4.78 is 11.2. The summed E-state index contributed by atoms with van der Waals surface area (Å²) in [6.45, 7) is 5.19. The van der Waals surface area contributed by atoms with Crippen LogP contribution in [0.4, 0.5) is 5.69 Å². The van der Waals surface area contributed by atoms with Crippen LogP contribution in [0.5, 0.6) is 0 Å². The molecule has 3 amide bonds. The van der Waals surface area contributed by atoms with Crippen molar-refractivity contribution in [2.24, 2.45) is 5.92 Å². The molecule has 0 aromatic heterocycles. The van der Waals surface area contributed by atoms with Gasteiger partial charge in [0.2, 0.25) is 11.8 Å². The van der Waals surface area contributed by atoms with Crippen LogP contribution in [0.1, 0.15) is 55.8 Å². The van der Waals surface area contributed by atoms with Crippen LogP contribution in [0.3, 0.4) is 0 Å². The second-order valence-electron chi connectivity index (χ2n) is 9.35. The van der Waals surface area contributed by atoms with Crippen LogP contribution in [0.2, 0.25) is 0 Å².